The Morgan fingerprint density at radius 3 is 2.38 bits per heavy atom. The molecule has 4 rings (SSSR count). The van der Waals surface area contributed by atoms with E-state index in [2.05, 4.69) is 20.2 Å². The molecule has 2 aromatic carbocycles. The minimum Gasteiger partial charge on any atom is -0.383 e. The topological polar surface area (TPSA) is 104 Å². The number of nitrogens with one attached hydrogen (secondary N) is 1. The molecule has 2 heterocycles. The van der Waals surface area contributed by atoms with Gasteiger partial charge in [-0.3, -0.25) is 14.5 Å². The molecule has 1 aromatic heterocycles. The van der Waals surface area contributed by atoms with Crippen LogP contribution in [0.4, 0.5) is 5.82 Å². The lowest BCUT2D eigenvalue weighted by Gasteiger charge is -2.37. The van der Waals surface area contributed by atoms with Crippen molar-refractivity contribution in [3.05, 3.63) is 66.0 Å². The summed E-state index contributed by atoms with van der Waals surface area (Å²) in [6.45, 7) is 7.23. The first kappa shape index (κ1) is 23.6. The number of aromatic nitrogens is 2. The van der Waals surface area contributed by atoms with Crippen LogP contribution in [0.3, 0.4) is 0 Å². The first-order valence-corrected chi connectivity index (χ1v) is 11.8. The van der Waals surface area contributed by atoms with Gasteiger partial charge in [0.05, 0.1) is 12.1 Å². The van der Waals surface area contributed by atoms with E-state index in [1.165, 1.54) is 0 Å². The highest BCUT2D eigenvalue weighted by molar-refractivity contribution is 5.97. The van der Waals surface area contributed by atoms with Crippen molar-refractivity contribution >= 4 is 28.5 Å². The number of nitrogens with two attached hydrogens (primary N) is 1. The van der Waals surface area contributed by atoms with E-state index < -0.39 is 6.04 Å². The second-order valence-electron chi connectivity index (χ2n) is 8.85. The SMILES string of the molecule is CCC(C)C(NC(=O)c1ccccc1)C(=O)N1CCN(Cc2nc(N)c3ccccc3n2)CC1. The largest absolute Gasteiger partial charge is 0.383 e. The number of piperazine rings is 1. The van der Waals surface area contributed by atoms with Crippen LogP contribution in [0, 0.1) is 5.92 Å². The summed E-state index contributed by atoms with van der Waals surface area (Å²) in [7, 11) is 0. The van der Waals surface area contributed by atoms with E-state index in [9.17, 15) is 9.59 Å². The number of anilines is 1. The number of rotatable bonds is 7. The van der Waals surface area contributed by atoms with Crippen LogP contribution in [0.25, 0.3) is 10.9 Å². The van der Waals surface area contributed by atoms with Crippen LogP contribution in [0.15, 0.2) is 54.6 Å². The third-order valence-corrected chi connectivity index (χ3v) is 6.53. The van der Waals surface area contributed by atoms with E-state index in [-0.39, 0.29) is 17.7 Å². The fourth-order valence-electron chi connectivity index (χ4n) is 4.24. The number of nitrogen functional groups attached to an aromatic ring is 1. The average molecular weight is 461 g/mol. The number of hydrogen-bond donors (Lipinski definition) is 2. The molecular weight excluding hydrogens is 428 g/mol. The predicted octanol–water partition coefficient (Wildman–Crippen LogP) is 2.70. The molecule has 0 saturated carbocycles. The fraction of sp³-hybridized carbons (Fsp3) is 0.385. The number of carbonyl (C=O) groups excluding carboxylic acids is 2. The van der Waals surface area contributed by atoms with Crippen LogP contribution in [0.2, 0.25) is 0 Å². The second kappa shape index (κ2) is 10.6. The maximum atomic E-state index is 13.4. The van der Waals surface area contributed by atoms with Crippen molar-refractivity contribution in [1.29, 1.82) is 0 Å². The Morgan fingerprint density at radius 1 is 1.00 bits per heavy atom. The van der Waals surface area contributed by atoms with Gasteiger partial charge in [0.2, 0.25) is 5.91 Å². The third kappa shape index (κ3) is 5.34. The van der Waals surface area contributed by atoms with Crippen molar-refractivity contribution in [3.63, 3.8) is 0 Å². The highest BCUT2D eigenvalue weighted by atomic mass is 16.2. The zero-order valence-electron chi connectivity index (χ0n) is 19.8. The van der Waals surface area contributed by atoms with Gasteiger partial charge in [-0.15, -0.1) is 0 Å². The molecule has 1 aliphatic heterocycles. The quantitative estimate of drug-likeness (QED) is 0.562. The number of amides is 2. The molecule has 0 aliphatic carbocycles. The van der Waals surface area contributed by atoms with Crippen LogP contribution in [0.5, 0.6) is 0 Å². The Hall–Kier alpha value is -3.52. The standard InChI is InChI=1S/C26H32N6O2/c1-3-18(2)23(30-25(33)19-9-5-4-6-10-19)26(34)32-15-13-31(14-16-32)17-22-28-21-12-8-7-11-20(21)24(27)29-22/h4-12,18,23H,3,13-17H2,1-2H3,(H,30,33)(H2,27,28,29). The Morgan fingerprint density at radius 2 is 1.68 bits per heavy atom. The zero-order valence-corrected chi connectivity index (χ0v) is 19.8. The number of benzene rings is 2. The van der Waals surface area contributed by atoms with Crippen LogP contribution in [-0.4, -0.2) is 63.8 Å². The number of nitrogens with zero attached hydrogens (tertiary/aromatic N) is 4. The predicted molar refractivity (Wildman–Crippen MR) is 133 cm³/mol. The number of carbonyl (C=O) groups is 2. The van der Waals surface area contributed by atoms with Gasteiger partial charge in [-0.1, -0.05) is 50.6 Å². The summed E-state index contributed by atoms with van der Waals surface area (Å²) in [6, 6.07) is 16.2. The van der Waals surface area contributed by atoms with Gasteiger partial charge in [-0.05, 0) is 30.2 Å². The Bertz CT molecular complexity index is 1140. The molecule has 8 heteroatoms. The van der Waals surface area contributed by atoms with E-state index in [1.807, 2.05) is 61.2 Å². The van der Waals surface area contributed by atoms with E-state index in [1.54, 1.807) is 12.1 Å². The Balaban J connectivity index is 1.38. The fourth-order valence-corrected chi connectivity index (χ4v) is 4.24. The molecular formula is C26H32N6O2. The summed E-state index contributed by atoms with van der Waals surface area (Å²) in [4.78, 5) is 39.3. The normalized spacial score (nSPS) is 16.2. The first-order valence-electron chi connectivity index (χ1n) is 11.8. The highest BCUT2D eigenvalue weighted by Gasteiger charge is 2.32. The molecule has 2 amide bonds. The van der Waals surface area contributed by atoms with Crippen LogP contribution >= 0.6 is 0 Å². The van der Waals surface area contributed by atoms with Crippen LogP contribution < -0.4 is 11.1 Å². The van der Waals surface area contributed by atoms with Gasteiger partial charge >= 0.3 is 0 Å². The van der Waals surface area contributed by atoms with E-state index in [4.69, 9.17) is 5.73 Å². The lowest BCUT2D eigenvalue weighted by Crippen LogP contribution is -2.56. The Kier molecular flexibility index (Phi) is 7.37. The van der Waals surface area contributed by atoms with Gasteiger partial charge in [-0.2, -0.15) is 0 Å². The Labute approximate surface area is 200 Å². The van der Waals surface area contributed by atoms with Gasteiger partial charge in [0, 0.05) is 37.1 Å². The molecule has 1 saturated heterocycles. The molecule has 1 aliphatic rings. The molecule has 0 spiro atoms. The van der Waals surface area contributed by atoms with E-state index in [0.717, 1.165) is 17.3 Å². The zero-order chi connectivity index (χ0) is 24.1. The molecule has 0 radical (unpaired) electrons. The van der Waals surface area contributed by atoms with Gasteiger partial charge in [-0.25, -0.2) is 9.97 Å². The van der Waals surface area contributed by atoms with Crippen molar-refractivity contribution in [2.45, 2.75) is 32.9 Å². The van der Waals surface area contributed by atoms with Crippen molar-refractivity contribution in [2.24, 2.45) is 5.92 Å². The van der Waals surface area contributed by atoms with E-state index >= 15 is 0 Å². The first-order chi connectivity index (χ1) is 16.5. The molecule has 178 valence electrons. The monoisotopic (exact) mass is 460 g/mol. The summed E-state index contributed by atoms with van der Waals surface area (Å²) in [5, 5.41) is 3.83. The summed E-state index contributed by atoms with van der Waals surface area (Å²) < 4.78 is 0. The van der Waals surface area contributed by atoms with Gasteiger partial charge in [0.15, 0.2) is 0 Å². The van der Waals surface area contributed by atoms with Crippen molar-refractivity contribution in [3.8, 4) is 0 Å². The van der Waals surface area contributed by atoms with Crippen molar-refractivity contribution in [2.75, 3.05) is 31.9 Å². The highest BCUT2D eigenvalue weighted by Crippen LogP contribution is 2.19. The maximum absolute atomic E-state index is 13.4. The number of para-hydroxylation sites is 1. The molecule has 2 atom stereocenters. The summed E-state index contributed by atoms with van der Waals surface area (Å²) in [5.74, 6) is 0.962. The van der Waals surface area contributed by atoms with Crippen molar-refractivity contribution < 1.29 is 9.59 Å². The lowest BCUT2D eigenvalue weighted by molar-refractivity contribution is -0.136. The molecule has 3 N–H and O–H groups in total. The smallest absolute Gasteiger partial charge is 0.251 e. The molecule has 2 unspecified atom stereocenters. The summed E-state index contributed by atoms with van der Waals surface area (Å²) in [5.41, 5.74) is 7.52. The summed E-state index contributed by atoms with van der Waals surface area (Å²) >= 11 is 0. The third-order valence-electron chi connectivity index (χ3n) is 6.53. The van der Waals surface area contributed by atoms with Gasteiger partial charge in [0.1, 0.15) is 17.7 Å². The van der Waals surface area contributed by atoms with E-state index in [0.29, 0.717) is 49.9 Å². The molecule has 0 bridgehead atoms. The number of fused-ring (bicyclic) bond motifs is 1. The molecule has 34 heavy (non-hydrogen) atoms. The average Bonchev–Trinajstić information content (AvgIpc) is 2.87. The summed E-state index contributed by atoms with van der Waals surface area (Å²) in [6.07, 6.45) is 0.798. The number of hydrogen-bond acceptors (Lipinski definition) is 6. The lowest BCUT2D eigenvalue weighted by atomic mass is 9.97. The maximum Gasteiger partial charge on any atom is 0.251 e. The van der Waals surface area contributed by atoms with Gasteiger partial charge < -0.3 is 16.0 Å². The minimum absolute atomic E-state index is 0.0236. The molecule has 8 nitrogen and oxygen atoms in total. The van der Waals surface area contributed by atoms with Crippen LogP contribution in [-0.2, 0) is 11.3 Å². The van der Waals surface area contributed by atoms with Crippen molar-refractivity contribution in [1.82, 2.24) is 25.1 Å². The second-order valence-corrected chi connectivity index (χ2v) is 8.85. The molecule has 1 fully saturated rings. The molecule has 3 aromatic rings. The van der Waals surface area contributed by atoms with Gasteiger partial charge in [0.25, 0.3) is 5.91 Å². The minimum atomic E-state index is -0.548. The van der Waals surface area contributed by atoms with Crippen LogP contribution in [0.1, 0.15) is 36.5 Å².